The van der Waals surface area contributed by atoms with E-state index in [1.54, 1.807) is 29.2 Å². The van der Waals surface area contributed by atoms with Crippen LogP contribution >= 0.6 is 11.6 Å². The Morgan fingerprint density at radius 2 is 1.77 bits per heavy atom. The molecule has 138 valence electrons. The van der Waals surface area contributed by atoms with Gasteiger partial charge in [0, 0.05) is 30.2 Å². The number of nitrogens with zero attached hydrogens (tertiary/aromatic N) is 1. The van der Waals surface area contributed by atoms with Crippen LogP contribution in [0.15, 0.2) is 42.5 Å². The van der Waals surface area contributed by atoms with Gasteiger partial charge in [-0.3, -0.25) is 4.79 Å². The van der Waals surface area contributed by atoms with Gasteiger partial charge in [0.15, 0.2) is 0 Å². The summed E-state index contributed by atoms with van der Waals surface area (Å²) in [5.74, 6) is 0.0455. The van der Waals surface area contributed by atoms with E-state index in [9.17, 15) is 13.2 Å². The molecule has 2 aromatic rings. The fourth-order valence-corrected chi connectivity index (χ4v) is 4.36. The zero-order chi connectivity index (χ0) is 18.7. The first-order valence-corrected chi connectivity index (χ1v) is 10.5. The number of rotatable bonds is 6. The lowest BCUT2D eigenvalue weighted by atomic mass is 9.99. The quantitative estimate of drug-likeness (QED) is 0.820. The largest absolute Gasteiger partial charge is 0.312 e. The standard InChI is InChI=1S/C19H21ClN2O3S/c1-2-22-18-9-5-15(11-16(18)6-10-19(22)23)12-21-26(24,25)13-14-3-7-17(20)8-4-14/h3-5,7-9,11,21H,2,6,10,12-13H2,1H3. The number of hydrogen-bond donors (Lipinski definition) is 1. The summed E-state index contributed by atoms with van der Waals surface area (Å²) in [5, 5.41) is 0.577. The second-order valence-corrected chi connectivity index (χ2v) is 8.55. The van der Waals surface area contributed by atoms with E-state index in [1.807, 2.05) is 25.1 Å². The topological polar surface area (TPSA) is 66.5 Å². The molecule has 1 amide bonds. The van der Waals surface area contributed by atoms with Crippen molar-refractivity contribution in [3.05, 3.63) is 64.2 Å². The molecule has 2 aromatic carbocycles. The van der Waals surface area contributed by atoms with Gasteiger partial charge in [-0.15, -0.1) is 0 Å². The number of amides is 1. The molecule has 26 heavy (non-hydrogen) atoms. The summed E-state index contributed by atoms with van der Waals surface area (Å²) in [6.45, 7) is 2.81. The number of hydrogen-bond acceptors (Lipinski definition) is 3. The van der Waals surface area contributed by atoms with Crippen molar-refractivity contribution in [1.82, 2.24) is 4.72 Å². The van der Waals surface area contributed by atoms with E-state index < -0.39 is 10.0 Å². The van der Waals surface area contributed by atoms with Gasteiger partial charge in [0.05, 0.1) is 5.75 Å². The number of benzene rings is 2. The molecule has 7 heteroatoms. The van der Waals surface area contributed by atoms with Crippen LogP contribution in [0.5, 0.6) is 0 Å². The molecule has 0 saturated heterocycles. The molecule has 1 heterocycles. The highest BCUT2D eigenvalue weighted by molar-refractivity contribution is 7.88. The zero-order valence-corrected chi connectivity index (χ0v) is 16.1. The summed E-state index contributed by atoms with van der Waals surface area (Å²) < 4.78 is 27.2. The maximum atomic E-state index is 12.3. The molecular formula is C19H21ClN2O3S. The van der Waals surface area contributed by atoms with Gasteiger partial charge >= 0.3 is 0 Å². The third-order valence-electron chi connectivity index (χ3n) is 4.43. The van der Waals surface area contributed by atoms with Gasteiger partial charge in [-0.25, -0.2) is 13.1 Å². The Bertz CT molecular complexity index is 911. The highest BCUT2D eigenvalue weighted by Gasteiger charge is 2.23. The summed E-state index contributed by atoms with van der Waals surface area (Å²) in [5.41, 5.74) is 3.58. The van der Waals surface area contributed by atoms with Crippen molar-refractivity contribution in [1.29, 1.82) is 0 Å². The average Bonchev–Trinajstić information content (AvgIpc) is 2.62. The van der Waals surface area contributed by atoms with Crippen LogP contribution < -0.4 is 9.62 Å². The first kappa shape index (κ1) is 18.9. The van der Waals surface area contributed by atoms with Crippen molar-refractivity contribution in [2.75, 3.05) is 11.4 Å². The molecular weight excluding hydrogens is 372 g/mol. The molecule has 0 aromatic heterocycles. The monoisotopic (exact) mass is 392 g/mol. The van der Waals surface area contributed by atoms with E-state index in [1.165, 1.54) is 0 Å². The fourth-order valence-electron chi connectivity index (χ4n) is 3.11. The lowest BCUT2D eigenvalue weighted by Crippen LogP contribution is -2.34. The van der Waals surface area contributed by atoms with E-state index in [-0.39, 0.29) is 18.2 Å². The van der Waals surface area contributed by atoms with Crippen LogP contribution in [0.3, 0.4) is 0 Å². The molecule has 0 atom stereocenters. The molecule has 0 unspecified atom stereocenters. The van der Waals surface area contributed by atoms with E-state index in [0.29, 0.717) is 30.0 Å². The molecule has 0 saturated carbocycles. The van der Waals surface area contributed by atoms with Gasteiger partial charge in [0.1, 0.15) is 0 Å². The minimum atomic E-state index is -3.45. The second kappa shape index (κ2) is 7.78. The molecule has 0 bridgehead atoms. The number of halogens is 1. The molecule has 5 nitrogen and oxygen atoms in total. The van der Waals surface area contributed by atoms with Crippen molar-refractivity contribution in [3.8, 4) is 0 Å². The van der Waals surface area contributed by atoms with Crippen LogP contribution in [-0.4, -0.2) is 20.9 Å². The van der Waals surface area contributed by atoms with Gasteiger partial charge in [0.2, 0.25) is 15.9 Å². The molecule has 0 fully saturated rings. The first-order valence-electron chi connectivity index (χ1n) is 8.52. The Labute approximate surface area is 159 Å². The minimum absolute atomic E-state index is 0.0901. The second-order valence-electron chi connectivity index (χ2n) is 6.31. The van der Waals surface area contributed by atoms with Crippen LogP contribution in [-0.2, 0) is 33.5 Å². The van der Waals surface area contributed by atoms with Gasteiger partial charge in [0.25, 0.3) is 0 Å². The van der Waals surface area contributed by atoms with E-state index in [2.05, 4.69) is 4.72 Å². The predicted molar refractivity (Wildman–Crippen MR) is 104 cm³/mol. The summed E-state index contributed by atoms with van der Waals surface area (Å²) in [7, 11) is -3.45. The van der Waals surface area contributed by atoms with Crippen LogP contribution in [0.4, 0.5) is 5.69 Å². The minimum Gasteiger partial charge on any atom is -0.312 e. The highest BCUT2D eigenvalue weighted by atomic mass is 35.5. The lowest BCUT2D eigenvalue weighted by Gasteiger charge is -2.28. The van der Waals surface area contributed by atoms with E-state index in [4.69, 9.17) is 11.6 Å². The Hall–Kier alpha value is -1.89. The number of sulfonamides is 1. The summed E-state index contributed by atoms with van der Waals surface area (Å²) in [6.07, 6.45) is 1.18. The Morgan fingerprint density at radius 3 is 2.46 bits per heavy atom. The molecule has 0 aliphatic carbocycles. The third-order valence-corrected chi connectivity index (χ3v) is 5.98. The average molecular weight is 393 g/mol. The van der Waals surface area contributed by atoms with Gasteiger partial charge < -0.3 is 4.90 Å². The molecule has 3 rings (SSSR count). The summed E-state index contributed by atoms with van der Waals surface area (Å²) in [6, 6.07) is 12.5. The Morgan fingerprint density at radius 1 is 1.08 bits per heavy atom. The van der Waals surface area contributed by atoms with Crippen molar-refractivity contribution >= 4 is 33.2 Å². The predicted octanol–water partition coefficient (Wildman–Crippen LogP) is 3.26. The van der Waals surface area contributed by atoms with Crippen LogP contribution in [0.1, 0.15) is 30.0 Å². The van der Waals surface area contributed by atoms with E-state index >= 15 is 0 Å². The van der Waals surface area contributed by atoms with Gasteiger partial charge in [-0.2, -0.15) is 0 Å². The molecule has 0 radical (unpaired) electrons. The van der Waals surface area contributed by atoms with Gasteiger partial charge in [-0.1, -0.05) is 35.9 Å². The highest BCUT2D eigenvalue weighted by Crippen LogP contribution is 2.28. The van der Waals surface area contributed by atoms with E-state index in [0.717, 1.165) is 16.8 Å². The zero-order valence-electron chi connectivity index (χ0n) is 14.5. The Kier molecular flexibility index (Phi) is 5.65. The first-order chi connectivity index (χ1) is 12.4. The van der Waals surface area contributed by atoms with Crippen LogP contribution in [0.25, 0.3) is 0 Å². The van der Waals surface area contributed by atoms with Crippen molar-refractivity contribution in [3.63, 3.8) is 0 Å². The molecule has 1 aliphatic heterocycles. The number of carbonyl (C=O) groups excluding carboxylic acids is 1. The van der Waals surface area contributed by atoms with Crippen LogP contribution in [0.2, 0.25) is 5.02 Å². The summed E-state index contributed by atoms with van der Waals surface area (Å²) >= 11 is 5.82. The Balaban J connectivity index is 1.68. The number of nitrogens with one attached hydrogen (secondary N) is 1. The van der Waals surface area contributed by atoms with Crippen molar-refractivity contribution in [2.24, 2.45) is 0 Å². The van der Waals surface area contributed by atoms with Crippen molar-refractivity contribution in [2.45, 2.75) is 32.1 Å². The number of aryl methyl sites for hydroxylation is 1. The van der Waals surface area contributed by atoms with Gasteiger partial charge in [-0.05, 0) is 48.2 Å². The number of fused-ring (bicyclic) bond motifs is 1. The smallest absolute Gasteiger partial charge is 0.227 e. The molecule has 1 N–H and O–H groups in total. The van der Waals surface area contributed by atoms with Crippen LogP contribution in [0, 0.1) is 0 Å². The fraction of sp³-hybridized carbons (Fsp3) is 0.316. The molecule has 1 aliphatic rings. The normalized spacial score (nSPS) is 14.4. The lowest BCUT2D eigenvalue weighted by molar-refractivity contribution is -0.118. The van der Waals surface area contributed by atoms with Crippen molar-refractivity contribution < 1.29 is 13.2 Å². The maximum Gasteiger partial charge on any atom is 0.227 e. The molecule has 0 spiro atoms. The summed E-state index contributed by atoms with van der Waals surface area (Å²) in [4.78, 5) is 13.7. The maximum absolute atomic E-state index is 12.3. The third kappa shape index (κ3) is 4.44. The SMILES string of the molecule is CCN1C(=O)CCc2cc(CNS(=O)(=O)Cc3ccc(Cl)cc3)ccc21. The number of anilines is 1. The number of carbonyl (C=O) groups is 1.